The Morgan fingerprint density at radius 2 is 0.926 bits per heavy atom. The summed E-state index contributed by atoms with van der Waals surface area (Å²) in [4.78, 5) is 25.3. The van der Waals surface area contributed by atoms with E-state index < -0.39 is 24.1 Å². The molecule has 4 aromatic rings. The van der Waals surface area contributed by atoms with Gasteiger partial charge in [0.25, 0.3) is 0 Å². The van der Waals surface area contributed by atoms with Crippen LogP contribution in [-0.2, 0) is 22.4 Å². The summed E-state index contributed by atoms with van der Waals surface area (Å²) in [6.45, 7) is 11.2. The number of methoxy groups -OCH3 is 4. The molecule has 4 atom stereocenters. The van der Waals surface area contributed by atoms with Gasteiger partial charge in [0.15, 0.2) is 46.0 Å². The van der Waals surface area contributed by atoms with Crippen LogP contribution in [0.25, 0.3) is 11.1 Å². The number of esters is 2. The molecule has 2 aliphatic heterocycles. The standard InChI is InChI=1S/C44H50O10/c1-11-13-27-15-31-23(3)39(53-41(31)35(17-27)47-7)29-19-33(43(51-25(5)45)37(21-29)49-9)34-20-30(22-38(50-10)44(34)52-26(6)46)40-24(4)32-16-28(14-12-2)18-36(48-8)42(32)54-40/h15-24,39-40H,11-14H2,1-10H3. The zero-order valence-electron chi connectivity index (χ0n) is 32.8. The normalized spacial score (nSPS) is 18.2. The van der Waals surface area contributed by atoms with E-state index in [2.05, 4.69) is 39.8 Å². The number of ether oxygens (including phenoxy) is 8. The number of fused-ring (bicyclic) bond motifs is 2. The summed E-state index contributed by atoms with van der Waals surface area (Å²) < 4.78 is 48.5. The molecular formula is C44H50O10. The van der Waals surface area contributed by atoms with Crippen molar-refractivity contribution in [2.45, 2.75) is 91.3 Å². The largest absolute Gasteiger partial charge is 0.493 e. The Labute approximate surface area is 317 Å². The highest BCUT2D eigenvalue weighted by molar-refractivity contribution is 5.87. The van der Waals surface area contributed by atoms with Crippen LogP contribution in [0.1, 0.15) is 112 Å². The lowest BCUT2D eigenvalue weighted by Gasteiger charge is -2.24. The fourth-order valence-electron chi connectivity index (χ4n) is 7.74. The highest BCUT2D eigenvalue weighted by Gasteiger charge is 2.39. The Morgan fingerprint density at radius 1 is 0.556 bits per heavy atom. The molecule has 54 heavy (non-hydrogen) atoms. The van der Waals surface area contributed by atoms with Crippen molar-refractivity contribution >= 4 is 11.9 Å². The van der Waals surface area contributed by atoms with Crippen molar-refractivity contribution in [2.24, 2.45) is 0 Å². The van der Waals surface area contributed by atoms with E-state index in [1.807, 2.05) is 36.4 Å². The van der Waals surface area contributed by atoms with E-state index in [1.54, 1.807) is 14.2 Å². The van der Waals surface area contributed by atoms with Crippen molar-refractivity contribution < 1.29 is 47.5 Å². The SMILES string of the molecule is CCCc1cc(OC)c2c(c1)C(C)C(c1cc(OC)c(OC(C)=O)c(-c3cc(C4Oc5c(OC)cc(CCC)cc5C4C)cc(OC)c3OC(C)=O)c1)O2. The summed E-state index contributed by atoms with van der Waals surface area (Å²) in [6, 6.07) is 15.9. The smallest absolute Gasteiger partial charge is 0.308 e. The molecule has 10 nitrogen and oxygen atoms in total. The molecule has 2 heterocycles. The molecule has 0 amide bonds. The monoisotopic (exact) mass is 738 g/mol. The van der Waals surface area contributed by atoms with Gasteiger partial charge in [-0.05, 0) is 71.5 Å². The van der Waals surface area contributed by atoms with Gasteiger partial charge in [0.2, 0.25) is 0 Å². The Morgan fingerprint density at radius 3 is 1.24 bits per heavy atom. The molecule has 4 aromatic carbocycles. The highest BCUT2D eigenvalue weighted by atomic mass is 16.6. The Balaban J connectivity index is 1.55. The third-order valence-electron chi connectivity index (χ3n) is 10.2. The van der Waals surface area contributed by atoms with Gasteiger partial charge in [-0.15, -0.1) is 0 Å². The highest BCUT2D eigenvalue weighted by Crippen LogP contribution is 2.56. The molecule has 0 N–H and O–H groups in total. The van der Waals surface area contributed by atoms with E-state index in [0.717, 1.165) is 47.9 Å². The van der Waals surface area contributed by atoms with Crippen LogP contribution in [0.15, 0.2) is 48.5 Å². The molecule has 0 bridgehead atoms. The number of hydrogen-bond acceptors (Lipinski definition) is 10. The lowest BCUT2D eigenvalue weighted by molar-refractivity contribution is -0.133. The fraction of sp³-hybridized carbons (Fsp3) is 0.409. The minimum Gasteiger partial charge on any atom is -0.493 e. The first-order valence-corrected chi connectivity index (χ1v) is 18.5. The van der Waals surface area contributed by atoms with Crippen molar-refractivity contribution in [1.29, 1.82) is 0 Å². The average molecular weight is 739 g/mol. The van der Waals surface area contributed by atoms with Gasteiger partial charge in [0.1, 0.15) is 12.2 Å². The fourth-order valence-corrected chi connectivity index (χ4v) is 7.74. The molecule has 10 heteroatoms. The van der Waals surface area contributed by atoms with Crippen LogP contribution in [0.5, 0.6) is 46.0 Å². The molecule has 0 aromatic heterocycles. The average Bonchev–Trinajstić information content (AvgIpc) is 3.67. The van der Waals surface area contributed by atoms with E-state index in [1.165, 1.54) is 39.2 Å². The van der Waals surface area contributed by atoms with Crippen LogP contribution in [0.3, 0.4) is 0 Å². The molecule has 0 saturated carbocycles. The number of benzene rings is 4. The third-order valence-corrected chi connectivity index (χ3v) is 10.2. The van der Waals surface area contributed by atoms with Crippen LogP contribution in [0.2, 0.25) is 0 Å². The first-order valence-electron chi connectivity index (χ1n) is 18.5. The molecule has 286 valence electrons. The van der Waals surface area contributed by atoms with Gasteiger partial charge < -0.3 is 37.9 Å². The third kappa shape index (κ3) is 7.13. The maximum absolute atomic E-state index is 12.7. The summed E-state index contributed by atoms with van der Waals surface area (Å²) in [6.07, 6.45) is 2.91. The number of rotatable bonds is 13. The van der Waals surface area contributed by atoms with E-state index in [4.69, 9.17) is 37.9 Å². The lowest BCUT2D eigenvalue weighted by Crippen LogP contribution is -2.12. The molecule has 0 spiro atoms. The van der Waals surface area contributed by atoms with Crippen LogP contribution in [-0.4, -0.2) is 40.4 Å². The maximum Gasteiger partial charge on any atom is 0.308 e. The van der Waals surface area contributed by atoms with E-state index >= 15 is 0 Å². The summed E-state index contributed by atoms with van der Waals surface area (Å²) >= 11 is 0. The number of carbonyl (C=O) groups is 2. The molecular weight excluding hydrogens is 688 g/mol. The first-order chi connectivity index (χ1) is 26.0. The molecule has 6 rings (SSSR count). The van der Waals surface area contributed by atoms with Crippen LogP contribution >= 0.6 is 0 Å². The van der Waals surface area contributed by atoms with Crippen molar-refractivity contribution in [3.05, 3.63) is 81.9 Å². The Kier molecular flexibility index (Phi) is 11.3. The summed E-state index contributed by atoms with van der Waals surface area (Å²) in [5.74, 6) is 2.38. The molecule has 4 unspecified atom stereocenters. The number of hydrogen-bond donors (Lipinski definition) is 0. The summed E-state index contributed by atoms with van der Waals surface area (Å²) in [5.41, 5.74) is 6.82. The molecule has 0 radical (unpaired) electrons. The van der Waals surface area contributed by atoms with E-state index in [-0.39, 0.29) is 23.3 Å². The first kappa shape index (κ1) is 38.3. The molecule has 2 aliphatic rings. The van der Waals surface area contributed by atoms with Gasteiger partial charge in [-0.25, -0.2) is 0 Å². The van der Waals surface area contributed by atoms with Crippen LogP contribution < -0.4 is 37.9 Å². The summed E-state index contributed by atoms with van der Waals surface area (Å²) in [7, 11) is 6.32. The quantitative estimate of drug-likeness (QED) is 0.0972. The molecule has 0 saturated heterocycles. The second-order valence-electron chi connectivity index (χ2n) is 14.0. The topological polar surface area (TPSA) is 108 Å². The van der Waals surface area contributed by atoms with Gasteiger partial charge in [0, 0.05) is 47.9 Å². The van der Waals surface area contributed by atoms with E-state index in [0.29, 0.717) is 45.6 Å². The van der Waals surface area contributed by atoms with E-state index in [9.17, 15) is 9.59 Å². The minimum absolute atomic E-state index is 0.0736. The van der Waals surface area contributed by atoms with Crippen LogP contribution in [0, 0.1) is 0 Å². The summed E-state index contributed by atoms with van der Waals surface area (Å²) in [5, 5.41) is 0. The van der Waals surface area contributed by atoms with Gasteiger partial charge in [-0.1, -0.05) is 52.7 Å². The zero-order chi connectivity index (χ0) is 38.8. The lowest BCUT2D eigenvalue weighted by atomic mass is 9.87. The Hall–Kier alpha value is -5.38. The predicted octanol–water partition coefficient (Wildman–Crippen LogP) is 9.62. The second kappa shape index (κ2) is 15.9. The van der Waals surface area contributed by atoms with Gasteiger partial charge in [0.05, 0.1) is 28.4 Å². The van der Waals surface area contributed by atoms with Gasteiger partial charge in [-0.3, -0.25) is 9.59 Å². The second-order valence-corrected chi connectivity index (χ2v) is 14.0. The zero-order valence-corrected chi connectivity index (χ0v) is 32.8. The number of carbonyl (C=O) groups excluding carboxylic acids is 2. The number of aryl methyl sites for hydroxylation is 2. The molecule has 0 aliphatic carbocycles. The Bertz CT molecular complexity index is 1920. The van der Waals surface area contributed by atoms with Crippen molar-refractivity contribution in [1.82, 2.24) is 0 Å². The van der Waals surface area contributed by atoms with Gasteiger partial charge in [-0.2, -0.15) is 0 Å². The van der Waals surface area contributed by atoms with Gasteiger partial charge >= 0.3 is 11.9 Å². The van der Waals surface area contributed by atoms with Crippen molar-refractivity contribution in [3.8, 4) is 57.1 Å². The predicted molar refractivity (Wildman–Crippen MR) is 205 cm³/mol. The minimum atomic E-state index is -0.552. The van der Waals surface area contributed by atoms with Crippen LogP contribution in [0.4, 0.5) is 0 Å². The van der Waals surface area contributed by atoms with Crippen molar-refractivity contribution in [2.75, 3.05) is 28.4 Å². The van der Waals surface area contributed by atoms with Crippen molar-refractivity contribution in [3.63, 3.8) is 0 Å². The molecule has 0 fully saturated rings. The maximum atomic E-state index is 12.7.